The normalized spacial score (nSPS) is 28.6. The molecule has 0 amide bonds. The number of aryl methyl sites for hydroxylation is 1. The van der Waals surface area contributed by atoms with Crippen LogP contribution >= 0.6 is 0 Å². The summed E-state index contributed by atoms with van der Waals surface area (Å²) in [4.78, 5) is 10.6. The molecule has 0 aliphatic carbocycles. The zero-order chi connectivity index (χ0) is 14.1. The number of rotatable bonds is 4. The van der Waals surface area contributed by atoms with Gasteiger partial charge >= 0.3 is 0 Å². The van der Waals surface area contributed by atoms with E-state index < -0.39 is 0 Å². The van der Waals surface area contributed by atoms with Crippen molar-refractivity contribution in [2.24, 2.45) is 0 Å². The Bertz CT molecular complexity index is 506. The Morgan fingerprint density at radius 3 is 2.70 bits per heavy atom. The van der Waals surface area contributed by atoms with Crippen molar-refractivity contribution >= 4 is 5.69 Å². The SMILES string of the molecule is Cc1ccc(CNC2C[C@H]3CC[C@@H](C2)N3)cc1[N+](=O)[O-]. The Morgan fingerprint density at radius 2 is 2.05 bits per heavy atom. The first-order valence-electron chi connectivity index (χ1n) is 7.35. The van der Waals surface area contributed by atoms with Gasteiger partial charge in [-0.05, 0) is 38.2 Å². The second-order valence-corrected chi connectivity index (χ2v) is 6.07. The summed E-state index contributed by atoms with van der Waals surface area (Å²) < 4.78 is 0. The highest BCUT2D eigenvalue weighted by Gasteiger charge is 2.32. The highest BCUT2D eigenvalue weighted by molar-refractivity contribution is 5.42. The Kier molecular flexibility index (Phi) is 3.72. The predicted molar refractivity (Wildman–Crippen MR) is 77.6 cm³/mol. The quantitative estimate of drug-likeness (QED) is 0.653. The van der Waals surface area contributed by atoms with Crippen LogP contribution < -0.4 is 10.6 Å². The molecule has 0 aromatic heterocycles. The van der Waals surface area contributed by atoms with Crippen molar-refractivity contribution in [1.82, 2.24) is 10.6 Å². The monoisotopic (exact) mass is 275 g/mol. The molecule has 1 aromatic rings. The predicted octanol–water partition coefficient (Wildman–Crippen LogP) is 2.28. The fourth-order valence-electron chi connectivity index (χ4n) is 3.45. The lowest BCUT2D eigenvalue weighted by Gasteiger charge is -2.29. The molecule has 0 spiro atoms. The van der Waals surface area contributed by atoms with Gasteiger partial charge in [0, 0.05) is 36.3 Å². The summed E-state index contributed by atoms with van der Waals surface area (Å²) in [5.41, 5.74) is 1.93. The lowest BCUT2D eigenvalue weighted by atomic mass is 9.99. The number of nitrogens with one attached hydrogen (secondary N) is 2. The van der Waals surface area contributed by atoms with E-state index in [0.717, 1.165) is 11.1 Å². The largest absolute Gasteiger partial charge is 0.311 e. The molecule has 0 saturated carbocycles. The first-order valence-corrected chi connectivity index (χ1v) is 7.35. The van der Waals surface area contributed by atoms with Crippen molar-refractivity contribution in [3.8, 4) is 0 Å². The van der Waals surface area contributed by atoms with Gasteiger partial charge in [-0.1, -0.05) is 12.1 Å². The van der Waals surface area contributed by atoms with Gasteiger partial charge in [-0.15, -0.1) is 0 Å². The molecule has 1 aromatic carbocycles. The van der Waals surface area contributed by atoms with Crippen molar-refractivity contribution in [2.45, 2.75) is 57.3 Å². The van der Waals surface area contributed by atoms with Crippen LogP contribution in [0.5, 0.6) is 0 Å². The molecular formula is C15H21N3O2. The molecule has 2 aliphatic rings. The molecule has 3 rings (SSSR count). The molecule has 2 bridgehead atoms. The topological polar surface area (TPSA) is 67.2 Å². The number of hydrogen-bond acceptors (Lipinski definition) is 4. The summed E-state index contributed by atoms with van der Waals surface area (Å²) in [6, 6.07) is 7.37. The van der Waals surface area contributed by atoms with Crippen LogP contribution in [0.3, 0.4) is 0 Å². The van der Waals surface area contributed by atoms with Gasteiger partial charge in [0.1, 0.15) is 0 Å². The van der Waals surface area contributed by atoms with Crippen LogP contribution in [-0.2, 0) is 6.54 Å². The van der Waals surface area contributed by atoms with E-state index in [9.17, 15) is 10.1 Å². The summed E-state index contributed by atoms with van der Waals surface area (Å²) in [6.45, 7) is 2.49. The number of hydrogen-bond donors (Lipinski definition) is 2. The standard InChI is InChI=1S/C15H21N3O2/c1-10-2-3-11(6-15(10)18(19)20)9-16-14-7-12-4-5-13(8-14)17-12/h2-3,6,12-14,16-17H,4-5,7-9H2,1H3/t12-,13+,14?. The highest BCUT2D eigenvalue weighted by Crippen LogP contribution is 2.27. The summed E-state index contributed by atoms with van der Waals surface area (Å²) >= 11 is 0. The molecule has 1 unspecified atom stereocenters. The molecule has 3 atom stereocenters. The van der Waals surface area contributed by atoms with E-state index in [1.54, 1.807) is 13.0 Å². The van der Waals surface area contributed by atoms with E-state index in [0.29, 0.717) is 24.7 Å². The number of fused-ring (bicyclic) bond motifs is 2. The second-order valence-electron chi connectivity index (χ2n) is 6.07. The van der Waals surface area contributed by atoms with Crippen LogP contribution in [-0.4, -0.2) is 23.0 Å². The van der Waals surface area contributed by atoms with E-state index in [1.165, 1.54) is 25.7 Å². The summed E-state index contributed by atoms with van der Waals surface area (Å²) in [5, 5.41) is 18.1. The average molecular weight is 275 g/mol. The molecule has 2 heterocycles. The summed E-state index contributed by atoms with van der Waals surface area (Å²) in [5.74, 6) is 0. The lowest BCUT2D eigenvalue weighted by molar-refractivity contribution is -0.385. The van der Waals surface area contributed by atoms with Gasteiger partial charge in [-0.25, -0.2) is 0 Å². The van der Waals surface area contributed by atoms with Gasteiger partial charge in [0.05, 0.1) is 4.92 Å². The van der Waals surface area contributed by atoms with E-state index in [-0.39, 0.29) is 10.6 Å². The first-order chi connectivity index (χ1) is 9.61. The van der Waals surface area contributed by atoms with Gasteiger partial charge in [0.2, 0.25) is 0 Å². The van der Waals surface area contributed by atoms with Crippen molar-refractivity contribution in [3.63, 3.8) is 0 Å². The number of piperidine rings is 1. The minimum Gasteiger partial charge on any atom is -0.311 e. The maximum atomic E-state index is 11.0. The van der Waals surface area contributed by atoms with Crippen LogP contribution in [0.2, 0.25) is 0 Å². The van der Waals surface area contributed by atoms with E-state index in [4.69, 9.17) is 0 Å². The third-order valence-corrected chi connectivity index (χ3v) is 4.54. The molecule has 2 aliphatic heterocycles. The van der Waals surface area contributed by atoms with Gasteiger partial charge in [-0.2, -0.15) is 0 Å². The van der Waals surface area contributed by atoms with Crippen LogP contribution in [0.25, 0.3) is 0 Å². The fraction of sp³-hybridized carbons (Fsp3) is 0.600. The van der Waals surface area contributed by atoms with Crippen molar-refractivity contribution in [3.05, 3.63) is 39.4 Å². The molecular weight excluding hydrogens is 254 g/mol. The minimum absolute atomic E-state index is 0.217. The second kappa shape index (κ2) is 5.50. The average Bonchev–Trinajstić information content (AvgIpc) is 2.76. The van der Waals surface area contributed by atoms with E-state index >= 15 is 0 Å². The fourth-order valence-corrected chi connectivity index (χ4v) is 3.45. The van der Waals surface area contributed by atoms with Crippen LogP contribution in [0, 0.1) is 17.0 Å². The molecule has 20 heavy (non-hydrogen) atoms. The third kappa shape index (κ3) is 2.83. The van der Waals surface area contributed by atoms with E-state index in [2.05, 4.69) is 10.6 Å². The van der Waals surface area contributed by atoms with Crippen molar-refractivity contribution in [2.75, 3.05) is 0 Å². The molecule has 5 nitrogen and oxygen atoms in total. The Balaban J connectivity index is 1.61. The van der Waals surface area contributed by atoms with Crippen LogP contribution in [0.15, 0.2) is 18.2 Å². The van der Waals surface area contributed by atoms with Gasteiger partial charge in [-0.3, -0.25) is 10.1 Å². The highest BCUT2D eigenvalue weighted by atomic mass is 16.6. The Labute approximate surface area is 118 Å². The minimum atomic E-state index is -0.302. The molecule has 2 fully saturated rings. The molecule has 2 saturated heterocycles. The Hall–Kier alpha value is -1.46. The van der Waals surface area contributed by atoms with Gasteiger partial charge in [0.15, 0.2) is 0 Å². The molecule has 5 heteroatoms. The third-order valence-electron chi connectivity index (χ3n) is 4.54. The van der Waals surface area contributed by atoms with Gasteiger partial charge in [0.25, 0.3) is 5.69 Å². The molecule has 2 N–H and O–H groups in total. The first kappa shape index (κ1) is 13.5. The maximum absolute atomic E-state index is 11.0. The zero-order valence-corrected chi connectivity index (χ0v) is 11.8. The Morgan fingerprint density at radius 1 is 1.35 bits per heavy atom. The van der Waals surface area contributed by atoms with Crippen LogP contribution in [0.1, 0.15) is 36.8 Å². The zero-order valence-electron chi connectivity index (χ0n) is 11.8. The van der Waals surface area contributed by atoms with Crippen molar-refractivity contribution in [1.29, 1.82) is 0 Å². The van der Waals surface area contributed by atoms with E-state index in [1.807, 2.05) is 12.1 Å². The number of nitro groups is 1. The van der Waals surface area contributed by atoms with Crippen molar-refractivity contribution < 1.29 is 4.92 Å². The molecule has 108 valence electrons. The maximum Gasteiger partial charge on any atom is 0.272 e. The summed E-state index contributed by atoms with van der Waals surface area (Å²) in [6.07, 6.45) is 4.92. The molecule has 0 radical (unpaired) electrons. The number of nitrogens with zero attached hydrogens (tertiary/aromatic N) is 1. The number of nitro benzene ring substituents is 1. The summed E-state index contributed by atoms with van der Waals surface area (Å²) in [7, 11) is 0. The van der Waals surface area contributed by atoms with Gasteiger partial charge < -0.3 is 10.6 Å². The van der Waals surface area contributed by atoms with Crippen LogP contribution in [0.4, 0.5) is 5.69 Å². The lowest BCUT2D eigenvalue weighted by Crippen LogP contribution is -2.46. The smallest absolute Gasteiger partial charge is 0.272 e. The number of benzene rings is 1.